The van der Waals surface area contributed by atoms with Gasteiger partial charge in [0.15, 0.2) is 5.96 Å². The van der Waals surface area contributed by atoms with Crippen LogP contribution in [0.25, 0.3) is 0 Å². The zero-order valence-electron chi connectivity index (χ0n) is 11.7. The van der Waals surface area contributed by atoms with E-state index in [2.05, 4.69) is 17.2 Å². The Morgan fingerprint density at radius 2 is 2.00 bits per heavy atom. The van der Waals surface area contributed by atoms with Gasteiger partial charge in [-0.15, -0.1) is 0 Å². The number of aliphatic imine (C=N–C) groups is 1. The maximum Gasteiger partial charge on any atom is 0.193 e. The number of hydrogen-bond donors (Lipinski definition) is 2. The number of rotatable bonds is 8. The van der Waals surface area contributed by atoms with Gasteiger partial charge in [-0.2, -0.15) is 0 Å². The van der Waals surface area contributed by atoms with E-state index in [4.69, 9.17) is 15.2 Å². The molecule has 0 aliphatic rings. The van der Waals surface area contributed by atoms with Crippen LogP contribution in [0.1, 0.15) is 19.8 Å². The van der Waals surface area contributed by atoms with Gasteiger partial charge in [0, 0.05) is 12.3 Å². The largest absolute Gasteiger partial charge is 0.497 e. The molecule has 0 atom stereocenters. The van der Waals surface area contributed by atoms with Gasteiger partial charge in [0.25, 0.3) is 0 Å². The lowest BCUT2D eigenvalue weighted by atomic mass is 10.3. The van der Waals surface area contributed by atoms with Crippen molar-refractivity contribution in [2.45, 2.75) is 19.8 Å². The van der Waals surface area contributed by atoms with E-state index < -0.39 is 0 Å². The van der Waals surface area contributed by atoms with Crippen molar-refractivity contribution in [3.63, 3.8) is 0 Å². The number of anilines is 1. The summed E-state index contributed by atoms with van der Waals surface area (Å²) in [6, 6.07) is 7.50. The first-order valence-electron chi connectivity index (χ1n) is 6.55. The minimum Gasteiger partial charge on any atom is -0.497 e. The molecule has 5 nitrogen and oxygen atoms in total. The molecule has 0 unspecified atom stereocenters. The van der Waals surface area contributed by atoms with Gasteiger partial charge >= 0.3 is 0 Å². The predicted molar refractivity (Wildman–Crippen MR) is 78.8 cm³/mol. The molecule has 1 aromatic carbocycles. The van der Waals surface area contributed by atoms with E-state index in [1.54, 1.807) is 7.11 Å². The second kappa shape index (κ2) is 9.22. The Morgan fingerprint density at radius 3 is 2.63 bits per heavy atom. The Hall–Kier alpha value is -1.75. The molecule has 0 saturated heterocycles. The van der Waals surface area contributed by atoms with Crippen LogP contribution in [-0.4, -0.2) is 32.8 Å². The van der Waals surface area contributed by atoms with E-state index in [-0.39, 0.29) is 0 Å². The average molecular weight is 265 g/mol. The third-order valence-corrected chi connectivity index (χ3v) is 2.52. The van der Waals surface area contributed by atoms with Crippen LogP contribution in [0.15, 0.2) is 29.3 Å². The summed E-state index contributed by atoms with van der Waals surface area (Å²) in [6.07, 6.45) is 2.23. The van der Waals surface area contributed by atoms with Crippen molar-refractivity contribution in [2.24, 2.45) is 10.7 Å². The molecule has 0 aliphatic carbocycles. The summed E-state index contributed by atoms with van der Waals surface area (Å²) < 4.78 is 10.5. The molecule has 1 aromatic rings. The molecule has 0 fully saturated rings. The Balaban J connectivity index is 2.26. The summed E-state index contributed by atoms with van der Waals surface area (Å²) in [5.74, 6) is 1.20. The molecule has 3 N–H and O–H groups in total. The average Bonchev–Trinajstić information content (AvgIpc) is 2.43. The Morgan fingerprint density at radius 1 is 1.26 bits per heavy atom. The smallest absolute Gasteiger partial charge is 0.193 e. The predicted octanol–water partition coefficient (Wildman–Crippen LogP) is 2.24. The highest BCUT2D eigenvalue weighted by Gasteiger charge is 1.96. The minimum atomic E-state index is 0.393. The number of benzene rings is 1. The molecule has 0 bridgehead atoms. The number of nitrogens with zero attached hydrogens (tertiary/aromatic N) is 1. The van der Waals surface area contributed by atoms with Crippen LogP contribution in [0.4, 0.5) is 5.69 Å². The minimum absolute atomic E-state index is 0.393. The van der Waals surface area contributed by atoms with Gasteiger partial charge in [-0.25, -0.2) is 0 Å². The molecular formula is C14H23N3O2. The molecule has 0 saturated carbocycles. The normalized spacial score (nSPS) is 11.4. The van der Waals surface area contributed by atoms with E-state index in [1.165, 1.54) is 0 Å². The maximum atomic E-state index is 5.77. The molecule has 19 heavy (non-hydrogen) atoms. The lowest BCUT2D eigenvalue weighted by molar-refractivity contribution is 0.139. The van der Waals surface area contributed by atoms with Crippen LogP contribution >= 0.6 is 0 Å². The molecular weight excluding hydrogens is 242 g/mol. The quantitative estimate of drug-likeness (QED) is 0.430. The number of hydrogen-bond acceptors (Lipinski definition) is 3. The van der Waals surface area contributed by atoms with Gasteiger partial charge in [0.2, 0.25) is 0 Å². The molecule has 0 radical (unpaired) electrons. The van der Waals surface area contributed by atoms with Crippen LogP contribution in [-0.2, 0) is 4.74 Å². The van der Waals surface area contributed by atoms with Gasteiger partial charge in [-0.3, -0.25) is 4.99 Å². The lowest BCUT2D eigenvalue weighted by Gasteiger charge is -2.06. The van der Waals surface area contributed by atoms with Crippen molar-refractivity contribution >= 4 is 11.6 Å². The first kappa shape index (κ1) is 15.3. The number of guanidine groups is 1. The van der Waals surface area contributed by atoms with Crippen molar-refractivity contribution in [2.75, 3.05) is 32.2 Å². The van der Waals surface area contributed by atoms with Crippen molar-refractivity contribution < 1.29 is 9.47 Å². The Kier molecular flexibility index (Phi) is 7.43. The molecule has 0 heterocycles. The fourth-order valence-corrected chi connectivity index (χ4v) is 1.44. The van der Waals surface area contributed by atoms with Crippen LogP contribution in [0.5, 0.6) is 5.75 Å². The van der Waals surface area contributed by atoms with Gasteiger partial charge < -0.3 is 20.5 Å². The molecule has 0 amide bonds. The molecule has 0 spiro atoms. The summed E-state index contributed by atoms with van der Waals surface area (Å²) in [5, 5.41) is 3.01. The van der Waals surface area contributed by atoms with Crippen LogP contribution in [0.2, 0.25) is 0 Å². The fourth-order valence-electron chi connectivity index (χ4n) is 1.44. The highest BCUT2D eigenvalue weighted by molar-refractivity contribution is 5.92. The number of methoxy groups -OCH3 is 1. The summed E-state index contributed by atoms with van der Waals surface area (Å²) in [6.45, 7) is 4.10. The van der Waals surface area contributed by atoms with Crippen molar-refractivity contribution in [1.29, 1.82) is 0 Å². The Labute approximate surface area is 114 Å². The summed E-state index contributed by atoms with van der Waals surface area (Å²) in [7, 11) is 1.64. The molecule has 1 rings (SSSR count). The van der Waals surface area contributed by atoms with Gasteiger partial charge in [0.1, 0.15) is 5.75 Å². The third kappa shape index (κ3) is 6.67. The summed E-state index contributed by atoms with van der Waals surface area (Å²) >= 11 is 0. The molecule has 106 valence electrons. The standard InChI is InChI=1S/C14H23N3O2/c1-3-4-10-19-11-9-16-14(15)17-12-5-7-13(18-2)8-6-12/h5-8H,3-4,9-11H2,1-2H3,(H3,15,16,17). The van der Waals surface area contributed by atoms with E-state index in [1.807, 2.05) is 24.3 Å². The first-order valence-corrected chi connectivity index (χ1v) is 6.55. The van der Waals surface area contributed by atoms with Crippen molar-refractivity contribution in [1.82, 2.24) is 0 Å². The van der Waals surface area contributed by atoms with Crippen molar-refractivity contribution in [3.05, 3.63) is 24.3 Å². The number of unbranched alkanes of at least 4 members (excludes halogenated alkanes) is 1. The maximum absolute atomic E-state index is 5.77. The third-order valence-electron chi connectivity index (χ3n) is 2.52. The van der Waals surface area contributed by atoms with Crippen molar-refractivity contribution in [3.8, 4) is 5.75 Å². The molecule has 0 aromatic heterocycles. The topological polar surface area (TPSA) is 68.9 Å². The zero-order valence-corrected chi connectivity index (χ0v) is 11.7. The molecule has 5 heteroatoms. The monoisotopic (exact) mass is 265 g/mol. The summed E-state index contributed by atoms with van der Waals surface area (Å²) in [5.41, 5.74) is 6.65. The van der Waals surface area contributed by atoms with Crippen LogP contribution in [0, 0.1) is 0 Å². The lowest BCUT2D eigenvalue weighted by Crippen LogP contribution is -2.23. The van der Waals surface area contributed by atoms with Gasteiger partial charge in [-0.05, 0) is 30.7 Å². The van der Waals surface area contributed by atoms with E-state index in [0.717, 1.165) is 30.9 Å². The number of nitrogens with one attached hydrogen (secondary N) is 1. The zero-order chi connectivity index (χ0) is 13.9. The fraction of sp³-hybridized carbons (Fsp3) is 0.500. The highest BCUT2D eigenvalue weighted by Crippen LogP contribution is 2.14. The van der Waals surface area contributed by atoms with Crippen LogP contribution < -0.4 is 15.8 Å². The Bertz CT molecular complexity index is 377. The van der Waals surface area contributed by atoms with E-state index in [0.29, 0.717) is 19.1 Å². The second-order valence-electron chi connectivity index (χ2n) is 4.09. The SMILES string of the molecule is CCCCOCCN=C(N)Nc1ccc(OC)cc1. The van der Waals surface area contributed by atoms with Gasteiger partial charge in [0.05, 0.1) is 20.3 Å². The summed E-state index contributed by atoms with van der Waals surface area (Å²) in [4.78, 5) is 4.19. The first-order chi connectivity index (χ1) is 9.26. The second-order valence-corrected chi connectivity index (χ2v) is 4.09. The highest BCUT2D eigenvalue weighted by atomic mass is 16.5. The van der Waals surface area contributed by atoms with E-state index in [9.17, 15) is 0 Å². The van der Waals surface area contributed by atoms with Gasteiger partial charge in [-0.1, -0.05) is 13.3 Å². The number of ether oxygens (including phenoxy) is 2. The molecule has 0 aliphatic heterocycles. The van der Waals surface area contributed by atoms with E-state index >= 15 is 0 Å². The van der Waals surface area contributed by atoms with Crippen LogP contribution in [0.3, 0.4) is 0 Å². The number of nitrogens with two attached hydrogens (primary N) is 1.